The molecule has 3 N–H and O–H groups in total. The van der Waals surface area contributed by atoms with Gasteiger partial charge in [0.15, 0.2) is 0 Å². The Morgan fingerprint density at radius 1 is 1.48 bits per heavy atom. The molecule has 114 valence electrons. The smallest absolute Gasteiger partial charge is 0.404 e. The minimum absolute atomic E-state index is 0.0484. The van der Waals surface area contributed by atoms with E-state index in [2.05, 4.69) is 15.6 Å². The summed E-state index contributed by atoms with van der Waals surface area (Å²) in [6.07, 6.45) is 3.05. The van der Waals surface area contributed by atoms with Gasteiger partial charge in [0, 0.05) is 18.2 Å². The fourth-order valence-corrected chi connectivity index (χ4v) is 2.69. The highest BCUT2D eigenvalue weighted by Crippen LogP contribution is 2.29. The Labute approximate surface area is 125 Å². The van der Waals surface area contributed by atoms with Crippen molar-refractivity contribution in [3.63, 3.8) is 0 Å². The van der Waals surface area contributed by atoms with Gasteiger partial charge in [0.1, 0.15) is 17.0 Å². The molecule has 1 aliphatic rings. The molecule has 0 saturated heterocycles. The number of aromatic nitrogens is 1. The molecule has 1 fully saturated rings. The molecule has 1 amide bonds. The van der Waals surface area contributed by atoms with Crippen LogP contribution in [-0.2, 0) is 0 Å². The van der Waals surface area contributed by atoms with Crippen molar-refractivity contribution < 1.29 is 14.8 Å². The summed E-state index contributed by atoms with van der Waals surface area (Å²) in [6.45, 7) is 0. The Kier molecular flexibility index (Phi) is 4.79. The van der Waals surface area contributed by atoms with Gasteiger partial charge in [-0.25, -0.2) is 9.78 Å². The van der Waals surface area contributed by atoms with Crippen LogP contribution in [0.4, 0.5) is 16.2 Å². The van der Waals surface area contributed by atoms with Gasteiger partial charge in [0.25, 0.3) is 0 Å². The maximum atomic E-state index is 11.0. The fourth-order valence-electron chi connectivity index (χ4n) is 2.53. The third-order valence-corrected chi connectivity index (χ3v) is 3.61. The zero-order chi connectivity index (χ0) is 15.4. The third kappa shape index (κ3) is 4.19. The highest BCUT2D eigenvalue weighted by molar-refractivity contribution is 6.29. The van der Waals surface area contributed by atoms with E-state index < -0.39 is 11.0 Å². The van der Waals surface area contributed by atoms with Gasteiger partial charge in [0.05, 0.1) is 4.92 Å². The standard InChI is InChI=1S/C12H15ClN4O4/c13-11-5-9(10(6-14-11)17(20)21)15-7-2-1-3-8(4-7)16-12(18)19/h5-8,16H,1-4H2,(H,14,15)(H,18,19). The largest absolute Gasteiger partial charge is 0.465 e. The highest BCUT2D eigenvalue weighted by Gasteiger charge is 2.25. The highest BCUT2D eigenvalue weighted by atomic mass is 35.5. The average Bonchev–Trinajstić information content (AvgIpc) is 2.38. The van der Waals surface area contributed by atoms with Crippen LogP contribution in [0.25, 0.3) is 0 Å². The normalized spacial score (nSPS) is 21.6. The predicted molar refractivity (Wildman–Crippen MR) is 76.7 cm³/mol. The molecule has 0 spiro atoms. The number of nitro groups is 1. The molecule has 8 nitrogen and oxygen atoms in total. The van der Waals surface area contributed by atoms with E-state index in [1.54, 1.807) is 0 Å². The van der Waals surface area contributed by atoms with Crippen LogP contribution in [0.1, 0.15) is 25.7 Å². The molecule has 2 rings (SSSR count). The van der Waals surface area contributed by atoms with Crippen molar-refractivity contribution in [3.05, 3.63) is 27.5 Å². The van der Waals surface area contributed by atoms with Gasteiger partial charge in [-0.15, -0.1) is 0 Å². The number of rotatable bonds is 4. The van der Waals surface area contributed by atoms with E-state index in [9.17, 15) is 14.9 Å². The fraction of sp³-hybridized carbons (Fsp3) is 0.500. The minimum atomic E-state index is -1.06. The van der Waals surface area contributed by atoms with Gasteiger partial charge in [-0.1, -0.05) is 11.6 Å². The van der Waals surface area contributed by atoms with Crippen LogP contribution in [0.3, 0.4) is 0 Å². The molecule has 0 radical (unpaired) electrons. The van der Waals surface area contributed by atoms with Crippen LogP contribution < -0.4 is 10.6 Å². The van der Waals surface area contributed by atoms with Crippen LogP contribution in [0, 0.1) is 10.1 Å². The van der Waals surface area contributed by atoms with Gasteiger partial charge < -0.3 is 15.7 Å². The number of pyridine rings is 1. The Balaban J connectivity index is 2.08. The minimum Gasteiger partial charge on any atom is -0.465 e. The Morgan fingerprint density at radius 2 is 2.19 bits per heavy atom. The summed E-state index contributed by atoms with van der Waals surface area (Å²) in [4.78, 5) is 24.8. The molecule has 1 saturated carbocycles. The van der Waals surface area contributed by atoms with Crippen LogP contribution >= 0.6 is 11.6 Å². The second-order valence-corrected chi connectivity index (χ2v) is 5.32. The first-order chi connectivity index (χ1) is 9.95. The first kappa shape index (κ1) is 15.3. The summed E-state index contributed by atoms with van der Waals surface area (Å²) in [5.74, 6) is 0. The topological polar surface area (TPSA) is 117 Å². The molecule has 0 aliphatic heterocycles. The van der Waals surface area contributed by atoms with E-state index in [1.807, 2.05) is 0 Å². The molecule has 1 aromatic heterocycles. The molecule has 1 aliphatic carbocycles. The monoisotopic (exact) mass is 314 g/mol. The maximum absolute atomic E-state index is 11.0. The van der Waals surface area contributed by atoms with E-state index in [4.69, 9.17) is 16.7 Å². The van der Waals surface area contributed by atoms with Crippen LogP contribution in [0.2, 0.25) is 5.15 Å². The molecular formula is C12H15ClN4O4. The molecule has 21 heavy (non-hydrogen) atoms. The number of hydrogen-bond acceptors (Lipinski definition) is 5. The van der Waals surface area contributed by atoms with Crippen molar-refractivity contribution in [2.45, 2.75) is 37.8 Å². The van der Waals surface area contributed by atoms with Gasteiger partial charge in [0.2, 0.25) is 0 Å². The van der Waals surface area contributed by atoms with E-state index >= 15 is 0 Å². The van der Waals surface area contributed by atoms with Crippen molar-refractivity contribution in [3.8, 4) is 0 Å². The first-order valence-corrected chi connectivity index (χ1v) is 6.89. The van der Waals surface area contributed by atoms with E-state index in [0.717, 1.165) is 25.5 Å². The number of nitrogens with zero attached hydrogens (tertiary/aromatic N) is 2. The molecule has 2 unspecified atom stereocenters. The number of carbonyl (C=O) groups is 1. The van der Waals surface area contributed by atoms with E-state index in [-0.39, 0.29) is 22.9 Å². The maximum Gasteiger partial charge on any atom is 0.404 e. The molecule has 9 heteroatoms. The quantitative estimate of drug-likeness (QED) is 0.447. The van der Waals surface area contributed by atoms with Crippen molar-refractivity contribution in [2.75, 3.05) is 5.32 Å². The Morgan fingerprint density at radius 3 is 2.86 bits per heavy atom. The van der Waals surface area contributed by atoms with E-state index in [1.165, 1.54) is 6.07 Å². The van der Waals surface area contributed by atoms with Crippen molar-refractivity contribution >= 4 is 29.1 Å². The summed E-state index contributed by atoms with van der Waals surface area (Å²) in [6, 6.07) is 1.21. The van der Waals surface area contributed by atoms with Crippen molar-refractivity contribution in [1.29, 1.82) is 0 Å². The molecule has 2 atom stereocenters. The number of amides is 1. The summed E-state index contributed by atoms with van der Waals surface area (Å²) in [5, 5.41) is 25.4. The van der Waals surface area contributed by atoms with Crippen LogP contribution in [0.15, 0.2) is 12.3 Å². The van der Waals surface area contributed by atoms with E-state index in [0.29, 0.717) is 12.1 Å². The van der Waals surface area contributed by atoms with Crippen molar-refractivity contribution in [2.24, 2.45) is 0 Å². The lowest BCUT2D eigenvalue weighted by atomic mass is 9.91. The summed E-state index contributed by atoms with van der Waals surface area (Å²) in [7, 11) is 0. The summed E-state index contributed by atoms with van der Waals surface area (Å²) < 4.78 is 0. The van der Waals surface area contributed by atoms with Crippen molar-refractivity contribution in [1.82, 2.24) is 10.3 Å². The van der Waals surface area contributed by atoms with Gasteiger partial charge in [-0.2, -0.15) is 0 Å². The predicted octanol–water partition coefficient (Wildman–Crippen LogP) is 2.63. The Bertz CT molecular complexity index is 554. The number of nitrogens with one attached hydrogen (secondary N) is 2. The van der Waals surface area contributed by atoms with Gasteiger partial charge in [-0.05, 0) is 25.7 Å². The molecule has 1 heterocycles. The second-order valence-electron chi connectivity index (χ2n) is 4.94. The molecule has 0 bridgehead atoms. The average molecular weight is 315 g/mol. The molecule has 0 aromatic carbocycles. The lowest BCUT2D eigenvalue weighted by molar-refractivity contribution is -0.384. The van der Waals surface area contributed by atoms with Gasteiger partial charge in [-0.3, -0.25) is 10.1 Å². The molecular weight excluding hydrogens is 300 g/mol. The zero-order valence-electron chi connectivity index (χ0n) is 11.1. The number of halogens is 1. The molecule has 1 aromatic rings. The lowest BCUT2D eigenvalue weighted by Crippen LogP contribution is -2.41. The lowest BCUT2D eigenvalue weighted by Gasteiger charge is -2.30. The number of hydrogen-bond donors (Lipinski definition) is 3. The third-order valence-electron chi connectivity index (χ3n) is 3.41. The summed E-state index contributed by atoms with van der Waals surface area (Å²) >= 11 is 5.77. The van der Waals surface area contributed by atoms with Crippen LogP contribution in [-0.4, -0.2) is 33.2 Å². The van der Waals surface area contributed by atoms with Crippen LogP contribution in [0.5, 0.6) is 0 Å². The van der Waals surface area contributed by atoms with Gasteiger partial charge >= 0.3 is 11.8 Å². The zero-order valence-corrected chi connectivity index (χ0v) is 11.8. The summed E-state index contributed by atoms with van der Waals surface area (Å²) in [5.41, 5.74) is 0.161. The Hall–Kier alpha value is -2.09. The number of carboxylic acid groups (broad SMARTS) is 1. The number of anilines is 1. The SMILES string of the molecule is O=C(O)NC1CCCC(Nc2cc(Cl)ncc2[N+](=O)[O-])C1. The second kappa shape index (κ2) is 6.57. The first-order valence-electron chi connectivity index (χ1n) is 6.51.